The summed E-state index contributed by atoms with van der Waals surface area (Å²) in [5.74, 6) is 1.63. The molecule has 1 N–H and O–H groups in total. The van der Waals surface area contributed by atoms with Crippen molar-refractivity contribution in [3.8, 4) is 0 Å². The van der Waals surface area contributed by atoms with Gasteiger partial charge in [-0.2, -0.15) is 0 Å². The molecule has 1 aromatic heterocycles. The molecule has 1 aliphatic rings. The van der Waals surface area contributed by atoms with Gasteiger partial charge in [0.2, 0.25) is 5.91 Å². The Balaban J connectivity index is 1.32. The van der Waals surface area contributed by atoms with Gasteiger partial charge in [-0.15, -0.1) is 11.8 Å². The van der Waals surface area contributed by atoms with Crippen LogP contribution >= 0.6 is 11.8 Å². The van der Waals surface area contributed by atoms with Gasteiger partial charge in [0, 0.05) is 35.4 Å². The lowest BCUT2D eigenvalue weighted by molar-refractivity contribution is -0.127. The van der Waals surface area contributed by atoms with Crippen molar-refractivity contribution in [2.45, 2.75) is 19.1 Å². The van der Waals surface area contributed by atoms with Gasteiger partial charge in [-0.3, -0.25) is 4.79 Å². The molecule has 138 valence electrons. The Morgan fingerprint density at radius 2 is 1.89 bits per heavy atom. The van der Waals surface area contributed by atoms with Crippen LogP contribution in [0.4, 0.5) is 0 Å². The fourth-order valence-corrected chi connectivity index (χ4v) is 4.70. The number of hydrogen-bond donors (Lipinski definition) is 1. The third-order valence-corrected chi connectivity index (χ3v) is 6.15. The number of benzene rings is 2. The highest BCUT2D eigenvalue weighted by atomic mass is 32.2. The molecule has 1 aliphatic heterocycles. The monoisotopic (exact) mass is 376 g/mol. The summed E-state index contributed by atoms with van der Waals surface area (Å²) in [6.07, 6.45) is 3.13. The molecule has 0 saturated heterocycles. The number of carbonyl (C=O) groups excluding carboxylic acids is 1. The first-order valence-corrected chi connectivity index (χ1v) is 10.5. The van der Waals surface area contributed by atoms with Gasteiger partial charge in [0.1, 0.15) is 0 Å². The second-order valence-corrected chi connectivity index (χ2v) is 7.94. The molecular formula is C23H24N2OS. The molecule has 3 aromatic rings. The average molecular weight is 377 g/mol. The summed E-state index contributed by atoms with van der Waals surface area (Å²) in [7, 11) is 0. The molecule has 0 unspecified atom stereocenters. The minimum atomic E-state index is 0.237. The van der Waals surface area contributed by atoms with E-state index in [1.54, 1.807) is 11.8 Å². The summed E-state index contributed by atoms with van der Waals surface area (Å²) in [4.78, 5) is 18.0. The van der Waals surface area contributed by atoms with E-state index >= 15 is 0 Å². The van der Waals surface area contributed by atoms with Crippen molar-refractivity contribution in [3.05, 3.63) is 77.5 Å². The van der Waals surface area contributed by atoms with Crippen LogP contribution < -0.4 is 0 Å². The second-order valence-electron chi connectivity index (χ2n) is 6.95. The molecule has 2 aromatic carbocycles. The Kier molecular flexibility index (Phi) is 5.35. The zero-order chi connectivity index (χ0) is 18.6. The van der Waals surface area contributed by atoms with Gasteiger partial charge in [0.05, 0.1) is 5.75 Å². The molecule has 2 heterocycles. The van der Waals surface area contributed by atoms with E-state index in [-0.39, 0.29) is 5.91 Å². The van der Waals surface area contributed by atoms with E-state index in [2.05, 4.69) is 60.4 Å². The van der Waals surface area contributed by atoms with Gasteiger partial charge in [0.15, 0.2) is 0 Å². The Morgan fingerprint density at radius 1 is 1.11 bits per heavy atom. The van der Waals surface area contributed by atoms with Gasteiger partial charge < -0.3 is 9.88 Å². The molecule has 0 radical (unpaired) electrons. The van der Waals surface area contributed by atoms with Gasteiger partial charge >= 0.3 is 0 Å². The molecule has 1 amide bonds. The molecule has 4 heteroatoms. The molecule has 27 heavy (non-hydrogen) atoms. The molecule has 0 bridgehead atoms. The Labute approximate surface area is 164 Å². The molecule has 0 spiro atoms. The number of fused-ring (bicyclic) bond motifs is 1. The van der Waals surface area contributed by atoms with E-state index in [1.165, 1.54) is 33.3 Å². The number of H-pyrrole nitrogens is 1. The van der Waals surface area contributed by atoms with Crippen molar-refractivity contribution in [1.29, 1.82) is 0 Å². The number of amides is 1. The number of thioether (sulfide) groups is 1. The van der Waals surface area contributed by atoms with Crippen molar-refractivity contribution in [3.63, 3.8) is 0 Å². The zero-order valence-corrected chi connectivity index (χ0v) is 16.4. The Morgan fingerprint density at radius 3 is 2.67 bits per heavy atom. The van der Waals surface area contributed by atoms with Crippen LogP contribution in [0.2, 0.25) is 0 Å². The van der Waals surface area contributed by atoms with Crippen molar-refractivity contribution in [2.24, 2.45) is 0 Å². The van der Waals surface area contributed by atoms with Gasteiger partial charge in [0.25, 0.3) is 0 Å². The molecular weight excluding hydrogens is 352 g/mol. The van der Waals surface area contributed by atoms with E-state index in [0.717, 1.165) is 25.3 Å². The van der Waals surface area contributed by atoms with Crippen LogP contribution in [-0.2, 0) is 10.5 Å². The Bertz CT molecular complexity index is 974. The van der Waals surface area contributed by atoms with Crippen LogP contribution in [0.15, 0.2) is 60.7 Å². The predicted molar refractivity (Wildman–Crippen MR) is 115 cm³/mol. The molecule has 0 saturated carbocycles. The van der Waals surface area contributed by atoms with E-state index in [0.29, 0.717) is 5.75 Å². The number of nitrogens with zero attached hydrogens (tertiary/aromatic N) is 1. The average Bonchev–Trinajstić information content (AvgIpc) is 3.04. The fourth-order valence-electron chi connectivity index (χ4n) is 3.66. The third-order valence-electron chi connectivity index (χ3n) is 5.21. The van der Waals surface area contributed by atoms with E-state index < -0.39 is 0 Å². The van der Waals surface area contributed by atoms with Crippen LogP contribution in [0.1, 0.15) is 23.2 Å². The molecule has 0 aliphatic carbocycles. The maximum atomic E-state index is 12.6. The second kappa shape index (κ2) is 8.05. The lowest BCUT2D eigenvalue weighted by atomic mass is 10.00. The highest BCUT2D eigenvalue weighted by molar-refractivity contribution is 7.99. The minimum Gasteiger partial charge on any atom is -0.358 e. The topological polar surface area (TPSA) is 36.1 Å². The number of aromatic nitrogens is 1. The van der Waals surface area contributed by atoms with E-state index in [4.69, 9.17) is 0 Å². The van der Waals surface area contributed by atoms with Crippen LogP contribution in [0.3, 0.4) is 0 Å². The Hall–Kier alpha value is -2.46. The van der Waals surface area contributed by atoms with Crippen molar-refractivity contribution < 1.29 is 4.79 Å². The maximum absolute atomic E-state index is 12.6. The van der Waals surface area contributed by atoms with E-state index in [9.17, 15) is 4.79 Å². The summed E-state index contributed by atoms with van der Waals surface area (Å²) < 4.78 is 0. The summed E-state index contributed by atoms with van der Waals surface area (Å²) in [5, 5.41) is 1.27. The number of aryl methyl sites for hydroxylation is 1. The maximum Gasteiger partial charge on any atom is 0.232 e. The van der Waals surface area contributed by atoms with Crippen LogP contribution in [0, 0.1) is 6.92 Å². The highest BCUT2D eigenvalue weighted by Gasteiger charge is 2.18. The van der Waals surface area contributed by atoms with Crippen molar-refractivity contribution >= 4 is 34.1 Å². The molecule has 0 fully saturated rings. The van der Waals surface area contributed by atoms with Crippen LogP contribution in [-0.4, -0.2) is 34.6 Å². The lowest BCUT2D eigenvalue weighted by Crippen LogP contribution is -2.35. The van der Waals surface area contributed by atoms with Crippen molar-refractivity contribution in [1.82, 2.24) is 9.88 Å². The molecule has 4 rings (SSSR count). The molecule has 0 atom stereocenters. The summed E-state index contributed by atoms with van der Waals surface area (Å²) in [6.45, 7) is 3.64. The first-order valence-electron chi connectivity index (χ1n) is 9.38. The number of aromatic amines is 1. The first-order chi connectivity index (χ1) is 13.2. The standard InChI is InChI=1S/C23H24N2OS/c1-17-21(20-9-5-6-10-22(20)24-17)15-27-16-23(26)25-13-11-19(12-14-25)18-7-3-2-4-8-18/h2-11,24H,12-16H2,1H3. The predicted octanol–water partition coefficient (Wildman–Crippen LogP) is 5.03. The quantitative estimate of drug-likeness (QED) is 0.678. The summed E-state index contributed by atoms with van der Waals surface area (Å²) >= 11 is 1.71. The number of para-hydroxylation sites is 1. The van der Waals surface area contributed by atoms with Crippen LogP contribution in [0.5, 0.6) is 0 Å². The summed E-state index contributed by atoms with van der Waals surface area (Å²) in [6, 6.07) is 18.8. The normalized spacial score (nSPS) is 14.4. The minimum absolute atomic E-state index is 0.237. The first kappa shape index (κ1) is 17.9. The highest BCUT2D eigenvalue weighted by Crippen LogP contribution is 2.27. The largest absolute Gasteiger partial charge is 0.358 e. The number of rotatable bonds is 5. The number of carbonyl (C=O) groups is 1. The number of hydrogen-bond acceptors (Lipinski definition) is 2. The third kappa shape index (κ3) is 3.96. The van der Waals surface area contributed by atoms with Gasteiger partial charge in [-0.25, -0.2) is 0 Å². The van der Waals surface area contributed by atoms with E-state index in [1.807, 2.05) is 17.0 Å². The SMILES string of the molecule is Cc1[nH]c2ccccc2c1CSCC(=O)N1CC=C(c2ccccc2)CC1. The lowest BCUT2D eigenvalue weighted by Gasteiger charge is -2.26. The van der Waals surface area contributed by atoms with Crippen LogP contribution in [0.25, 0.3) is 16.5 Å². The number of nitrogens with one attached hydrogen (secondary N) is 1. The smallest absolute Gasteiger partial charge is 0.232 e. The fraction of sp³-hybridized carbons (Fsp3) is 0.261. The summed E-state index contributed by atoms with van der Waals surface area (Å²) in [5.41, 5.74) is 6.31. The molecule has 3 nitrogen and oxygen atoms in total. The zero-order valence-electron chi connectivity index (χ0n) is 15.6. The van der Waals surface area contributed by atoms with Crippen molar-refractivity contribution in [2.75, 3.05) is 18.8 Å². The van der Waals surface area contributed by atoms with Gasteiger partial charge in [-0.1, -0.05) is 54.6 Å². The van der Waals surface area contributed by atoms with Gasteiger partial charge in [-0.05, 0) is 36.1 Å².